The van der Waals surface area contributed by atoms with Gasteiger partial charge in [-0.05, 0) is 42.8 Å². The number of ether oxygens (including phenoxy) is 1. The van der Waals surface area contributed by atoms with Crippen LogP contribution >= 0.6 is 0 Å². The molecule has 2 N–H and O–H groups in total. The minimum Gasteiger partial charge on any atom is -0.497 e. The molecule has 2 aromatic rings. The van der Waals surface area contributed by atoms with Gasteiger partial charge in [-0.15, -0.1) is 0 Å². The van der Waals surface area contributed by atoms with Crippen LogP contribution in [0.5, 0.6) is 5.75 Å². The van der Waals surface area contributed by atoms with E-state index < -0.39 is 34.3 Å². The van der Waals surface area contributed by atoms with E-state index in [0.717, 1.165) is 17.7 Å². The first kappa shape index (κ1) is 20.6. The largest absolute Gasteiger partial charge is 0.497 e. The maximum absolute atomic E-state index is 13.3. The predicted molar refractivity (Wildman–Crippen MR) is 101 cm³/mol. The lowest BCUT2D eigenvalue weighted by Gasteiger charge is -2.13. The lowest BCUT2D eigenvalue weighted by atomic mass is 10.2. The third-order valence-electron chi connectivity index (χ3n) is 3.71. The van der Waals surface area contributed by atoms with E-state index in [1.165, 1.54) is 19.1 Å². The van der Waals surface area contributed by atoms with E-state index in [9.17, 15) is 24.1 Å². The van der Waals surface area contributed by atoms with Crippen molar-refractivity contribution in [3.8, 4) is 5.75 Å². The summed E-state index contributed by atoms with van der Waals surface area (Å²) >= 11 is 0. The second-order valence-electron chi connectivity index (χ2n) is 5.75. The van der Waals surface area contributed by atoms with Crippen molar-refractivity contribution in [1.29, 1.82) is 0 Å². The molecule has 0 aromatic heterocycles. The molecular formula is C19H18FN3O5. The Labute approximate surface area is 160 Å². The summed E-state index contributed by atoms with van der Waals surface area (Å²) in [4.78, 5) is 33.9. The molecule has 0 heterocycles. The first-order valence-electron chi connectivity index (χ1n) is 8.17. The summed E-state index contributed by atoms with van der Waals surface area (Å²) in [5.74, 6) is -1.42. The third-order valence-corrected chi connectivity index (χ3v) is 3.71. The van der Waals surface area contributed by atoms with Gasteiger partial charge in [0.2, 0.25) is 17.6 Å². The zero-order chi connectivity index (χ0) is 20.7. The number of carbonyl (C=O) groups is 2. The number of nitro groups is 1. The van der Waals surface area contributed by atoms with Gasteiger partial charge in [-0.2, -0.15) is 4.39 Å². The van der Waals surface area contributed by atoms with Crippen LogP contribution in [0.3, 0.4) is 0 Å². The molecule has 0 aliphatic carbocycles. The average Bonchev–Trinajstić information content (AvgIpc) is 2.67. The Morgan fingerprint density at radius 1 is 1.21 bits per heavy atom. The second kappa shape index (κ2) is 9.26. The highest BCUT2D eigenvalue weighted by Gasteiger charge is 2.18. The van der Waals surface area contributed by atoms with Gasteiger partial charge in [-0.3, -0.25) is 19.7 Å². The number of nitrogens with zero attached hydrogens (tertiary/aromatic N) is 1. The van der Waals surface area contributed by atoms with Gasteiger partial charge >= 0.3 is 5.69 Å². The highest BCUT2D eigenvalue weighted by atomic mass is 19.1. The van der Waals surface area contributed by atoms with Gasteiger partial charge in [0.05, 0.1) is 12.0 Å². The molecule has 0 aliphatic heterocycles. The van der Waals surface area contributed by atoms with E-state index in [0.29, 0.717) is 5.75 Å². The van der Waals surface area contributed by atoms with Crippen LogP contribution in [0.25, 0.3) is 6.08 Å². The van der Waals surface area contributed by atoms with E-state index >= 15 is 0 Å². The zero-order valence-electron chi connectivity index (χ0n) is 15.1. The van der Waals surface area contributed by atoms with Crippen LogP contribution in [0.1, 0.15) is 12.5 Å². The van der Waals surface area contributed by atoms with Gasteiger partial charge in [0.15, 0.2) is 0 Å². The van der Waals surface area contributed by atoms with Crippen LogP contribution in [-0.2, 0) is 9.59 Å². The summed E-state index contributed by atoms with van der Waals surface area (Å²) in [5, 5.41) is 15.6. The van der Waals surface area contributed by atoms with E-state index in [2.05, 4.69) is 10.6 Å². The Hall–Kier alpha value is -3.75. The minimum atomic E-state index is -1.01. The van der Waals surface area contributed by atoms with Crippen molar-refractivity contribution >= 4 is 29.3 Å². The third kappa shape index (κ3) is 5.63. The lowest BCUT2D eigenvalue weighted by Crippen LogP contribution is -2.40. The van der Waals surface area contributed by atoms with Crippen molar-refractivity contribution in [3.63, 3.8) is 0 Å². The summed E-state index contributed by atoms with van der Waals surface area (Å²) in [5.41, 5.74) is 0.0663. The van der Waals surface area contributed by atoms with Crippen LogP contribution in [0, 0.1) is 15.9 Å². The quantitative estimate of drug-likeness (QED) is 0.431. The normalized spacial score (nSPS) is 11.7. The number of nitrogens with one attached hydrogen (secondary N) is 2. The van der Waals surface area contributed by atoms with Crippen LogP contribution in [0.4, 0.5) is 15.8 Å². The molecule has 2 rings (SSSR count). The Morgan fingerprint density at radius 2 is 1.89 bits per heavy atom. The van der Waals surface area contributed by atoms with Crippen LogP contribution in [0.15, 0.2) is 48.5 Å². The van der Waals surface area contributed by atoms with Gasteiger partial charge < -0.3 is 15.4 Å². The summed E-state index contributed by atoms with van der Waals surface area (Å²) in [6.45, 7) is 1.45. The molecule has 2 aromatic carbocycles. The number of rotatable bonds is 7. The van der Waals surface area contributed by atoms with Crippen molar-refractivity contribution in [1.82, 2.24) is 5.32 Å². The smallest absolute Gasteiger partial charge is 0.306 e. The molecule has 1 atom stereocenters. The number of hydrogen-bond donors (Lipinski definition) is 2. The lowest BCUT2D eigenvalue weighted by molar-refractivity contribution is -0.387. The molecule has 0 spiro atoms. The van der Waals surface area contributed by atoms with Crippen molar-refractivity contribution in [3.05, 3.63) is 70.0 Å². The highest BCUT2D eigenvalue weighted by Crippen LogP contribution is 2.21. The fourth-order valence-corrected chi connectivity index (χ4v) is 2.19. The first-order chi connectivity index (χ1) is 13.3. The van der Waals surface area contributed by atoms with Crippen molar-refractivity contribution in [2.24, 2.45) is 0 Å². The number of amides is 2. The highest BCUT2D eigenvalue weighted by molar-refractivity contribution is 5.99. The summed E-state index contributed by atoms with van der Waals surface area (Å²) in [6, 6.07) is 9.08. The molecule has 2 amide bonds. The van der Waals surface area contributed by atoms with Gasteiger partial charge in [0, 0.05) is 17.8 Å². The Balaban J connectivity index is 1.94. The van der Waals surface area contributed by atoms with Gasteiger partial charge in [0.25, 0.3) is 0 Å². The van der Waals surface area contributed by atoms with Crippen LogP contribution < -0.4 is 15.4 Å². The van der Waals surface area contributed by atoms with Gasteiger partial charge in [-0.25, -0.2) is 0 Å². The molecule has 9 heteroatoms. The molecule has 0 saturated carbocycles. The van der Waals surface area contributed by atoms with E-state index in [1.807, 2.05) is 0 Å². The molecular weight excluding hydrogens is 369 g/mol. The van der Waals surface area contributed by atoms with Gasteiger partial charge in [0.1, 0.15) is 11.8 Å². The maximum Gasteiger partial charge on any atom is 0.306 e. The number of carbonyl (C=O) groups excluding carboxylic acids is 2. The van der Waals surface area contributed by atoms with Crippen molar-refractivity contribution in [2.45, 2.75) is 13.0 Å². The molecule has 0 radical (unpaired) electrons. The standard InChI is InChI=1S/C19H18FN3O5/c1-12(19(25)22-14-6-9-16(20)17(11-14)23(26)27)21-18(24)10-5-13-3-7-15(28-2)8-4-13/h3-12H,1-2H3,(H,21,24)(H,22,25)/b10-5+. The second-order valence-corrected chi connectivity index (χ2v) is 5.75. The molecule has 0 bridgehead atoms. The molecule has 0 saturated heterocycles. The summed E-state index contributed by atoms with van der Waals surface area (Å²) in [7, 11) is 1.55. The fraction of sp³-hybridized carbons (Fsp3) is 0.158. The number of benzene rings is 2. The summed E-state index contributed by atoms with van der Waals surface area (Å²) in [6.07, 6.45) is 2.84. The van der Waals surface area contributed by atoms with Crippen molar-refractivity contribution < 1.29 is 23.6 Å². The van der Waals surface area contributed by atoms with E-state index in [-0.39, 0.29) is 5.69 Å². The molecule has 146 valence electrons. The number of methoxy groups -OCH3 is 1. The number of hydrogen-bond acceptors (Lipinski definition) is 5. The van der Waals surface area contributed by atoms with E-state index in [1.54, 1.807) is 37.5 Å². The van der Waals surface area contributed by atoms with Gasteiger partial charge in [-0.1, -0.05) is 12.1 Å². The topological polar surface area (TPSA) is 111 Å². The monoisotopic (exact) mass is 387 g/mol. The number of anilines is 1. The summed E-state index contributed by atoms with van der Waals surface area (Å²) < 4.78 is 18.4. The van der Waals surface area contributed by atoms with Crippen molar-refractivity contribution in [2.75, 3.05) is 12.4 Å². The zero-order valence-corrected chi connectivity index (χ0v) is 15.1. The SMILES string of the molecule is COc1ccc(/C=C/C(=O)NC(C)C(=O)Nc2ccc(F)c([N+](=O)[O-])c2)cc1. The molecule has 8 nitrogen and oxygen atoms in total. The molecule has 1 unspecified atom stereocenters. The maximum atomic E-state index is 13.3. The first-order valence-corrected chi connectivity index (χ1v) is 8.17. The Kier molecular flexibility index (Phi) is 6.80. The molecule has 0 fully saturated rings. The van der Waals surface area contributed by atoms with Crippen LogP contribution in [-0.4, -0.2) is 29.9 Å². The molecule has 0 aliphatic rings. The molecule has 28 heavy (non-hydrogen) atoms. The minimum absolute atomic E-state index is 0.0490. The predicted octanol–water partition coefficient (Wildman–Crippen LogP) is 2.90. The van der Waals surface area contributed by atoms with E-state index in [4.69, 9.17) is 4.74 Å². The average molecular weight is 387 g/mol. The van der Waals surface area contributed by atoms with Crippen LogP contribution in [0.2, 0.25) is 0 Å². The number of halogens is 1. The Bertz CT molecular complexity index is 912. The fourth-order valence-electron chi connectivity index (χ4n) is 2.19. The number of nitro benzene ring substituents is 1. The Morgan fingerprint density at radius 3 is 2.50 bits per heavy atom.